The van der Waals surface area contributed by atoms with Gasteiger partial charge in [0, 0.05) is 25.2 Å². The molecule has 1 amide bonds. The van der Waals surface area contributed by atoms with Crippen molar-refractivity contribution in [1.82, 2.24) is 9.80 Å². The number of nitrogens with zero attached hydrogens (tertiary/aromatic N) is 2. The number of hydrogen-bond acceptors (Lipinski definition) is 3. The van der Waals surface area contributed by atoms with Crippen LogP contribution in [-0.4, -0.2) is 80.6 Å². The van der Waals surface area contributed by atoms with Gasteiger partial charge in [-0.3, -0.25) is 0 Å². The third-order valence-corrected chi connectivity index (χ3v) is 3.78. The molecular formula is C12H20B2F6N2O2. The second-order valence-electron chi connectivity index (χ2n) is 7.40. The number of piperazine rings is 1. The number of carbonyl (C=O) groups is 1. The van der Waals surface area contributed by atoms with Gasteiger partial charge in [-0.05, 0) is 26.1 Å². The summed E-state index contributed by atoms with van der Waals surface area (Å²) in [4.78, 5) is 14.7. The van der Waals surface area contributed by atoms with Crippen LogP contribution >= 0.6 is 0 Å². The molecule has 1 rings (SSSR count). The van der Waals surface area contributed by atoms with Crippen molar-refractivity contribution in [2.45, 2.75) is 50.1 Å². The van der Waals surface area contributed by atoms with Crippen LogP contribution in [0.1, 0.15) is 20.8 Å². The van der Waals surface area contributed by atoms with Gasteiger partial charge in [-0.15, -0.1) is 0 Å². The summed E-state index contributed by atoms with van der Waals surface area (Å²) >= 11 is 0. The highest BCUT2D eigenvalue weighted by atomic mass is 19.4. The minimum absolute atomic E-state index is 0.0119. The Morgan fingerprint density at radius 3 is 1.83 bits per heavy atom. The molecule has 0 radical (unpaired) electrons. The molecule has 1 saturated heterocycles. The lowest BCUT2D eigenvalue weighted by Gasteiger charge is -2.53. The molecule has 138 valence electrons. The zero-order valence-corrected chi connectivity index (χ0v) is 14.2. The zero-order valence-electron chi connectivity index (χ0n) is 14.2. The molecule has 0 N–H and O–H groups in total. The molecule has 0 saturated carbocycles. The molecular weight excluding hydrogens is 340 g/mol. The van der Waals surface area contributed by atoms with Crippen LogP contribution in [-0.2, 0) is 4.74 Å². The van der Waals surface area contributed by atoms with E-state index in [2.05, 4.69) is 4.74 Å². The minimum Gasteiger partial charge on any atom is -0.426 e. The van der Waals surface area contributed by atoms with Gasteiger partial charge in [0.1, 0.15) is 15.7 Å². The second-order valence-corrected chi connectivity index (χ2v) is 7.40. The van der Waals surface area contributed by atoms with Crippen molar-refractivity contribution in [1.29, 1.82) is 0 Å². The average Bonchev–Trinajstić information content (AvgIpc) is 2.29. The van der Waals surface area contributed by atoms with Crippen molar-refractivity contribution in [3.63, 3.8) is 0 Å². The van der Waals surface area contributed by atoms with Crippen LogP contribution in [0.5, 0.6) is 0 Å². The first-order valence-corrected chi connectivity index (χ1v) is 7.33. The third kappa shape index (κ3) is 4.97. The Morgan fingerprint density at radius 2 is 1.50 bits per heavy atom. The lowest BCUT2D eigenvalue weighted by molar-refractivity contribution is -0.308. The number of rotatable bonds is 1. The van der Waals surface area contributed by atoms with Crippen LogP contribution in [0.3, 0.4) is 0 Å². The van der Waals surface area contributed by atoms with Gasteiger partial charge in [0.15, 0.2) is 0 Å². The summed E-state index contributed by atoms with van der Waals surface area (Å²) in [6.07, 6.45) is -17.2. The van der Waals surface area contributed by atoms with Crippen molar-refractivity contribution < 1.29 is 35.9 Å². The SMILES string of the molecule is BC1(B)CN(C(=O)OC(C(F)(F)F)C(F)(F)F)CCN1C(C)(C)C. The normalized spacial score (nSPS) is 20.3. The first-order chi connectivity index (χ1) is 10.5. The predicted molar refractivity (Wildman–Crippen MR) is 80.2 cm³/mol. The molecule has 0 aromatic rings. The molecule has 0 aromatic heterocycles. The minimum atomic E-state index is -5.71. The Hall–Kier alpha value is -1.06. The lowest BCUT2D eigenvalue weighted by atomic mass is 9.58. The summed E-state index contributed by atoms with van der Waals surface area (Å²) in [5, 5.41) is -0.624. The number of hydrogen-bond donors (Lipinski definition) is 0. The summed E-state index contributed by atoms with van der Waals surface area (Å²) < 4.78 is 78.7. The van der Waals surface area contributed by atoms with Crippen molar-refractivity contribution in [3.8, 4) is 0 Å². The fourth-order valence-corrected chi connectivity index (χ4v) is 3.05. The van der Waals surface area contributed by atoms with Crippen LogP contribution in [0.15, 0.2) is 0 Å². The number of halogens is 6. The summed E-state index contributed by atoms with van der Waals surface area (Å²) in [5.74, 6) is 0. The van der Waals surface area contributed by atoms with Gasteiger partial charge in [-0.25, -0.2) is 4.79 Å². The molecule has 0 spiro atoms. The van der Waals surface area contributed by atoms with Crippen LogP contribution in [0.4, 0.5) is 31.1 Å². The van der Waals surface area contributed by atoms with E-state index in [1.807, 2.05) is 25.7 Å². The van der Waals surface area contributed by atoms with Crippen molar-refractivity contribution in [2.24, 2.45) is 0 Å². The van der Waals surface area contributed by atoms with Crippen LogP contribution in [0.2, 0.25) is 0 Å². The standard InChI is InChI=1S/C12H20B2F6N2O2/c1-9(2,3)22-5-4-21(6-10(22,13)14)8(23)24-7(11(15,16)17)12(18,19)20/h7H,4-6,13-14H2,1-3H3. The van der Waals surface area contributed by atoms with E-state index in [1.165, 1.54) is 0 Å². The molecule has 0 aromatic carbocycles. The summed E-state index contributed by atoms with van der Waals surface area (Å²) in [7, 11) is 3.53. The second kappa shape index (κ2) is 6.34. The maximum atomic E-state index is 12.5. The molecule has 12 heteroatoms. The Labute approximate surface area is 138 Å². The van der Waals surface area contributed by atoms with Gasteiger partial charge < -0.3 is 14.5 Å². The summed E-state index contributed by atoms with van der Waals surface area (Å²) in [6.45, 7) is 6.08. The van der Waals surface area contributed by atoms with Crippen molar-refractivity contribution >= 4 is 21.8 Å². The first kappa shape index (κ1) is 21.0. The fourth-order valence-electron chi connectivity index (χ4n) is 3.05. The molecule has 24 heavy (non-hydrogen) atoms. The third-order valence-electron chi connectivity index (χ3n) is 3.78. The van der Waals surface area contributed by atoms with E-state index in [0.717, 1.165) is 4.90 Å². The van der Waals surface area contributed by atoms with Gasteiger partial charge in [-0.1, -0.05) is 0 Å². The first-order valence-electron chi connectivity index (χ1n) is 7.33. The van der Waals surface area contributed by atoms with Crippen LogP contribution in [0, 0.1) is 0 Å². The Balaban J connectivity index is 2.87. The Kier molecular flexibility index (Phi) is 5.55. The maximum absolute atomic E-state index is 12.5. The molecule has 1 aliphatic rings. The molecule has 1 aliphatic heterocycles. The number of alkyl halides is 6. The Morgan fingerprint density at radius 1 is 1.04 bits per heavy atom. The predicted octanol–water partition coefficient (Wildman–Crippen LogP) is 0.952. The van der Waals surface area contributed by atoms with Gasteiger partial charge in [0.05, 0.1) is 0 Å². The van der Waals surface area contributed by atoms with Crippen LogP contribution in [0.25, 0.3) is 0 Å². The van der Waals surface area contributed by atoms with E-state index in [0.29, 0.717) is 6.54 Å². The number of carbonyl (C=O) groups excluding carboxylic acids is 1. The van der Waals surface area contributed by atoms with Gasteiger partial charge >= 0.3 is 18.4 Å². The lowest BCUT2D eigenvalue weighted by Crippen LogP contribution is -2.69. The number of amides is 1. The van der Waals surface area contributed by atoms with E-state index in [4.69, 9.17) is 0 Å². The van der Waals surface area contributed by atoms with Gasteiger partial charge in [0.25, 0.3) is 6.10 Å². The monoisotopic (exact) mass is 360 g/mol. The average molecular weight is 360 g/mol. The van der Waals surface area contributed by atoms with E-state index in [1.54, 1.807) is 15.7 Å². The van der Waals surface area contributed by atoms with Crippen molar-refractivity contribution in [3.05, 3.63) is 0 Å². The van der Waals surface area contributed by atoms with E-state index >= 15 is 0 Å². The molecule has 0 aliphatic carbocycles. The zero-order chi connectivity index (χ0) is 19.1. The molecule has 0 atom stereocenters. The Bertz CT molecular complexity index is 462. The van der Waals surface area contributed by atoms with E-state index in [-0.39, 0.29) is 18.6 Å². The molecule has 0 bridgehead atoms. The largest absolute Gasteiger partial charge is 0.434 e. The molecule has 1 heterocycles. The smallest absolute Gasteiger partial charge is 0.426 e. The summed E-state index contributed by atoms with van der Waals surface area (Å²) in [5.41, 5.74) is -0.264. The van der Waals surface area contributed by atoms with Gasteiger partial charge in [-0.2, -0.15) is 26.3 Å². The topological polar surface area (TPSA) is 32.8 Å². The van der Waals surface area contributed by atoms with Crippen LogP contribution < -0.4 is 0 Å². The molecule has 0 unspecified atom stereocenters. The molecule has 4 nitrogen and oxygen atoms in total. The highest BCUT2D eigenvalue weighted by Crippen LogP contribution is 2.36. The molecule has 1 fully saturated rings. The quantitative estimate of drug-likeness (QED) is 0.516. The van der Waals surface area contributed by atoms with Crippen molar-refractivity contribution in [2.75, 3.05) is 19.6 Å². The maximum Gasteiger partial charge on any atom is 0.434 e. The summed E-state index contributed by atoms with van der Waals surface area (Å²) in [6, 6.07) is 0. The number of ether oxygens (including phenoxy) is 1. The van der Waals surface area contributed by atoms with E-state index < -0.39 is 29.9 Å². The van der Waals surface area contributed by atoms with Gasteiger partial charge in [0.2, 0.25) is 0 Å². The highest BCUT2D eigenvalue weighted by molar-refractivity contribution is 6.40. The fraction of sp³-hybridized carbons (Fsp3) is 0.917. The van der Waals surface area contributed by atoms with E-state index in [9.17, 15) is 31.1 Å². The highest BCUT2D eigenvalue weighted by Gasteiger charge is 2.60.